The second-order valence-corrected chi connectivity index (χ2v) is 12.1. The van der Waals surface area contributed by atoms with Crippen molar-refractivity contribution in [2.45, 2.75) is 58.5 Å². The van der Waals surface area contributed by atoms with Gasteiger partial charge in [-0.15, -0.1) is 0 Å². The van der Waals surface area contributed by atoms with Crippen LogP contribution in [0.4, 0.5) is 5.69 Å². The molecule has 0 heterocycles. The molecule has 0 aliphatic heterocycles. The van der Waals surface area contributed by atoms with Crippen LogP contribution in [0.1, 0.15) is 43.9 Å². The molecule has 0 spiro atoms. The normalized spacial score (nSPS) is 12.2. The summed E-state index contributed by atoms with van der Waals surface area (Å²) in [5, 5.41) is 2.95. The Labute approximate surface area is 232 Å². The van der Waals surface area contributed by atoms with Gasteiger partial charge in [0.1, 0.15) is 12.6 Å². The van der Waals surface area contributed by atoms with Crippen molar-refractivity contribution in [3.05, 3.63) is 95.6 Å². The highest BCUT2D eigenvalue weighted by molar-refractivity contribution is 7.92. The van der Waals surface area contributed by atoms with Crippen LogP contribution in [-0.4, -0.2) is 44.3 Å². The fourth-order valence-corrected chi connectivity index (χ4v) is 5.63. The number of sulfonamides is 1. The second-order valence-electron chi connectivity index (χ2n) is 10.2. The minimum absolute atomic E-state index is 0.0881. The number of benzene rings is 3. The maximum absolute atomic E-state index is 14.0. The Morgan fingerprint density at radius 3 is 1.95 bits per heavy atom. The molecule has 0 radical (unpaired) electrons. The third kappa shape index (κ3) is 7.93. The first-order valence-electron chi connectivity index (χ1n) is 13.3. The molecule has 1 atom stereocenters. The van der Waals surface area contributed by atoms with Gasteiger partial charge in [0.2, 0.25) is 11.8 Å². The molecule has 208 valence electrons. The van der Waals surface area contributed by atoms with Gasteiger partial charge in [0.15, 0.2) is 0 Å². The van der Waals surface area contributed by atoms with Gasteiger partial charge in [-0.1, -0.05) is 86.5 Å². The van der Waals surface area contributed by atoms with E-state index >= 15 is 0 Å². The van der Waals surface area contributed by atoms with Crippen LogP contribution in [0.2, 0.25) is 0 Å². The van der Waals surface area contributed by atoms with Crippen LogP contribution in [0.5, 0.6) is 0 Å². The van der Waals surface area contributed by atoms with Crippen LogP contribution in [0, 0.1) is 19.8 Å². The molecule has 0 bridgehead atoms. The predicted molar refractivity (Wildman–Crippen MR) is 156 cm³/mol. The zero-order valence-electron chi connectivity index (χ0n) is 23.4. The summed E-state index contributed by atoms with van der Waals surface area (Å²) in [4.78, 5) is 28.9. The lowest BCUT2D eigenvalue weighted by molar-refractivity contribution is -0.140. The van der Waals surface area contributed by atoms with Gasteiger partial charge >= 0.3 is 0 Å². The molecule has 8 heteroatoms. The lowest BCUT2D eigenvalue weighted by Gasteiger charge is -2.33. The number of nitrogens with zero attached hydrogens (tertiary/aromatic N) is 2. The van der Waals surface area contributed by atoms with E-state index in [0.29, 0.717) is 18.7 Å². The number of nitrogens with one attached hydrogen (secondary N) is 1. The van der Waals surface area contributed by atoms with Gasteiger partial charge in [-0.3, -0.25) is 13.9 Å². The van der Waals surface area contributed by atoms with Crippen molar-refractivity contribution in [3.63, 3.8) is 0 Å². The highest BCUT2D eigenvalue weighted by Crippen LogP contribution is 2.25. The SMILES string of the molecule is CC[C@H](C(=O)NCC(C)C)N(Cc1ccc(C)cc1)C(=O)CN(c1ccc(C)cc1)S(=O)(=O)c1ccccc1. The molecule has 3 rings (SSSR count). The van der Waals surface area contributed by atoms with Crippen LogP contribution in [0.25, 0.3) is 0 Å². The van der Waals surface area contributed by atoms with E-state index in [-0.39, 0.29) is 23.3 Å². The molecule has 0 aromatic heterocycles. The van der Waals surface area contributed by atoms with E-state index in [9.17, 15) is 18.0 Å². The third-order valence-corrected chi connectivity index (χ3v) is 8.26. The summed E-state index contributed by atoms with van der Waals surface area (Å²) >= 11 is 0. The summed E-state index contributed by atoms with van der Waals surface area (Å²) in [5.41, 5.74) is 3.29. The Bertz CT molecular complexity index is 1340. The number of carbonyl (C=O) groups is 2. The Hall–Kier alpha value is -3.65. The van der Waals surface area contributed by atoms with E-state index < -0.39 is 28.5 Å². The standard InChI is InChI=1S/C31H39N3O4S/c1-6-29(31(36)32-20-23(2)3)33(21-26-16-12-24(4)13-17-26)30(35)22-34(27-18-14-25(5)15-19-27)39(37,38)28-10-8-7-9-11-28/h7-19,23,29H,6,20-22H2,1-5H3,(H,32,36)/t29-/m1/s1. The number of aryl methyl sites for hydroxylation is 2. The topological polar surface area (TPSA) is 86.8 Å². The van der Waals surface area contributed by atoms with E-state index in [1.807, 2.05) is 71.0 Å². The van der Waals surface area contributed by atoms with Crippen molar-refractivity contribution in [1.82, 2.24) is 10.2 Å². The van der Waals surface area contributed by atoms with Crippen LogP contribution in [0.3, 0.4) is 0 Å². The first-order chi connectivity index (χ1) is 18.5. The molecule has 7 nitrogen and oxygen atoms in total. The molecule has 3 aromatic carbocycles. The average Bonchev–Trinajstić information content (AvgIpc) is 2.92. The van der Waals surface area contributed by atoms with Gasteiger partial charge in [-0.25, -0.2) is 8.42 Å². The highest BCUT2D eigenvalue weighted by atomic mass is 32.2. The van der Waals surface area contributed by atoms with Crippen LogP contribution in [-0.2, 0) is 26.2 Å². The Morgan fingerprint density at radius 2 is 1.41 bits per heavy atom. The van der Waals surface area contributed by atoms with Gasteiger partial charge in [0.25, 0.3) is 10.0 Å². The number of carbonyl (C=O) groups excluding carboxylic acids is 2. The Balaban J connectivity index is 2.02. The molecule has 0 aliphatic rings. The van der Waals surface area contributed by atoms with Crippen LogP contribution < -0.4 is 9.62 Å². The Morgan fingerprint density at radius 1 is 0.846 bits per heavy atom. The molecule has 3 aromatic rings. The van der Waals surface area contributed by atoms with Crippen molar-refractivity contribution in [2.75, 3.05) is 17.4 Å². The summed E-state index contributed by atoms with van der Waals surface area (Å²) in [6.07, 6.45) is 0.386. The number of anilines is 1. The molecule has 0 fully saturated rings. The molecule has 2 amide bonds. The third-order valence-electron chi connectivity index (χ3n) is 6.48. The summed E-state index contributed by atoms with van der Waals surface area (Å²) in [6.45, 7) is 9.98. The zero-order chi connectivity index (χ0) is 28.6. The summed E-state index contributed by atoms with van der Waals surface area (Å²) in [6, 6.07) is 22.1. The van der Waals surface area contributed by atoms with Crippen LogP contribution >= 0.6 is 0 Å². The van der Waals surface area contributed by atoms with Crippen molar-refractivity contribution < 1.29 is 18.0 Å². The molecular formula is C31H39N3O4S. The zero-order valence-corrected chi connectivity index (χ0v) is 24.2. The molecule has 39 heavy (non-hydrogen) atoms. The van der Waals surface area contributed by atoms with Crippen molar-refractivity contribution in [2.24, 2.45) is 5.92 Å². The number of amides is 2. The molecule has 0 saturated carbocycles. The fourth-order valence-electron chi connectivity index (χ4n) is 4.19. The maximum Gasteiger partial charge on any atom is 0.264 e. The average molecular weight is 550 g/mol. The van der Waals surface area contributed by atoms with Crippen molar-refractivity contribution in [3.8, 4) is 0 Å². The van der Waals surface area contributed by atoms with E-state index in [1.54, 1.807) is 30.3 Å². The predicted octanol–water partition coefficient (Wildman–Crippen LogP) is 5.08. The smallest absolute Gasteiger partial charge is 0.264 e. The minimum atomic E-state index is -4.06. The van der Waals surface area contributed by atoms with Gasteiger partial charge in [0.05, 0.1) is 10.6 Å². The quantitative estimate of drug-likeness (QED) is 0.341. The lowest BCUT2D eigenvalue weighted by Crippen LogP contribution is -2.52. The largest absolute Gasteiger partial charge is 0.354 e. The van der Waals surface area contributed by atoms with E-state index in [4.69, 9.17) is 0 Å². The molecule has 0 aliphatic carbocycles. The highest BCUT2D eigenvalue weighted by Gasteiger charge is 2.33. The summed E-state index contributed by atoms with van der Waals surface area (Å²) in [7, 11) is -4.06. The number of hydrogen-bond acceptors (Lipinski definition) is 4. The first kappa shape index (κ1) is 29.9. The van der Waals surface area contributed by atoms with Crippen molar-refractivity contribution >= 4 is 27.5 Å². The molecule has 0 saturated heterocycles. The number of rotatable bonds is 12. The number of hydrogen-bond donors (Lipinski definition) is 1. The van der Waals surface area contributed by atoms with E-state index in [2.05, 4.69) is 5.32 Å². The van der Waals surface area contributed by atoms with E-state index in [1.165, 1.54) is 17.0 Å². The van der Waals surface area contributed by atoms with Crippen molar-refractivity contribution in [1.29, 1.82) is 0 Å². The van der Waals surface area contributed by atoms with Crippen LogP contribution in [0.15, 0.2) is 83.8 Å². The van der Waals surface area contributed by atoms with Gasteiger partial charge in [-0.2, -0.15) is 0 Å². The van der Waals surface area contributed by atoms with Gasteiger partial charge in [-0.05, 0) is 56.0 Å². The fraction of sp³-hybridized carbons (Fsp3) is 0.355. The molecular weight excluding hydrogens is 510 g/mol. The lowest BCUT2D eigenvalue weighted by atomic mass is 10.1. The van der Waals surface area contributed by atoms with Gasteiger partial charge < -0.3 is 10.2 Å². The summed E-state index contributed by atoms with van der Waals surface area (Å²) in [5.74, 6) is -0.456. The van der Waals surface area contributed by atoms with E-state index in [0.717, 1.165) is 21.0 Å². The Kier molecular flexibility index (Phi) is 10.3. The monoisotopic (exact) mass is 549 g/mol. The molecule has 0 unspecified atom stereocenters. The minimum Gasteiger partial charge on any atom is -0.354 e. The summed E-state index contributed by atoms with van der Waals surface area (Å²) < 4.78 is 28.7. The van der Waals surface area contributed by atoms with Gasteiger partial charge in [0, 0.05) is 13.1 Å². The molecule has 1 N–H and O–H groups in total. The second kappa shape index (κ2) is 13.4. The maximum atomic E-state index is 14.0. The first-order valence-corrected chi connectivity index (χ1v) is 14.7.